The van der Waals surface area contributed by atoms with Gasteiger partial charge in [0.15, 0.2) is 0 Å². The van der Waals surface area contributed by atoms with Crippen LogP contribution in [0.5, 0.6) is 0 Å². The molecular formula is C22H21N3O2. The third-order valence-electron chi connectivity index (χ3n) is 4.60. The summed E-state index contributed by atoms with van der Waals surface area (Å²) in [4.78, 5) is 24.3. The zero-order valence-electron chi connectivity index (χ0n) is 14.9. The number of carbonyl (C=O) groups excluding carboxylic acids is 2. The lowest BCUT2D eigenvalue weighted by Gasteiger charge is -2.12. The van der Waals surface area contributed by atoms with E-state index in [0.29, 0.717) is 22.4 Å². The van der Waals surface area contributed by atoms with Crippen LogP contribution in [-0.2, 0) is 4.79 Å². The number of nitrogens with one attached hydrogen (secondary N) is 2. The van der Waals surface area contributed by atoms with E-state index in [0.717, 1.165) is 12.8 Å². The number of nitrogens with zero attached hydrogens (tertiary/aromatic N) is 1. The molecule has 1 saturated carbocycles. The standard InChI is InChI=1S/C22H21N3O2/c23-15-18-6-2-1-5-16(18)11-14-21(26)24-20-12-9-17(10-13-20)22(27)25-19-7-3-4-8-19/h1-2,5-6,9-14,19H,3-4,7-8H2,(H,24,26)(H,25,27)/b14-11+. The predicted molar refractivity (Wildman–Crippen MR) is 105 cm³/mol. The summed E-state index contributed by atoms with van der Waals surface area (Å²) in [6.07, 6.45) is 7.42. The molecule has 0 spiro atoms. The number of amides is 2. The first-order valence-corrected chi connectivity index (χ1v) is 9.05. The first-order valence-electron chi connectivity index (χ1n) is 9.05. The Balaban J connectivity index is 1.57. The van der Waals surface area contributed by atoms with Crippen molar-refractivity contribution in [2.45, 2.75) is 31.7 Å². The minimum absolute atomic E-state index is 0.0761. The maximum atomic E-state index is 12.2. The Labute approximate surface area is 158 Å². The lowest BCUT2D eigenvalue weighted by Crippen LogP contribution is -2.32. The molecule has 2 amide bonds. The highest BCUT2D eigenvalue weighted by atomic mass is 16.2. The fourth-order valence-corrected chi connectivity index (χ4v) is 3.14. The van der Waals surface area contributed by atoms with E-state index < -0.39 is 0 Å². The van der Waals surface area contributed by atoms with Crippen LogP contribution in [0.2, 0.25) is 0 Å². The molecule has 136 valence electrons. The molecule has 2 aromatic carbocycles. The molecule has 5 heteroatoms. The summed E-state index contributed by atoms with van der Waals surface area (Å²) in [6.45, 7) is 0. The van der Waals surface area contributed by atoms with Crippen LogP contribution in [0.15, 0.2) is 54.6 Å². The molecule has 0 aromatic heterocycles. The third-order valence-corrected chi connectivity index (χ3v) is 4.60. The van der Waals surface area contributed by atoms with Crippen molar-refractivity contribution in [3.63, 3.8) is 0 Å². The van der Waals surface area contributed by atoms with Gasteiger partial charge >= 0.3 is 0 Å². The van der Waals surface area contributed by atoms with E-state index in [4.69, 9.17) is 5.26 Å². The lowest BCUT2D eigenvalue weighted by atomic mass is 10.1. The maximum Gasteiger partial charge on any atom is 0.251 e. The zero-order chi connectivity index (χ0) is 19.1. The summed E-state index contributed by atoms with van der Waals surface area (Å²) in [5, 5.41) is 14.9. The molecule has 0 unspecified atom stereocenters. The minimum Gasteiger partial charge on any atom is -0.349 e. The van der Waals surface area contributed by atoms with Gasteiger partial charge < -0.3 is 10.6 Å². The molecular weight excluding hydrogens is 338 g/mol. The summed E-state index contributed by atoms with van der Waals surface area (Å²) in [5.74, 6) is -0.376. The summed E-state index contributed by atoms with van der Waals surface area (Å²) >= 11 is 0. The Hall–Kier alpha value is -3.39. The van der Waals surface area contributed by atoms with Crippen molar-refractivity contribution in [1.82, 2.24) is 5.32 Å². The van der Waals surface area contributed by atoms with Crippen LogP contribution in [0.25, 0.3) is 6.08 Å². The van der Waals surface area contributed by atoms with Gasteiger partial charge in [-0.25, -0.2) is 0 Å². The molecule has 5 nitrogen and oxygen atoms in total. The van der Waals surface area contributed by atoms with Crippen LogP contribution in [0, 0.1) is 11.3 Å². The van der Waals surface area contributed by atoms with Crippen molar-refractivity contribution in [3.8, 4) is 6.07 Å². The number of nitriles is 1. The molecule has 3 rings (SSSR count). The van der Waals surface area contributed by atoms with E-state index >= 15 is 0 Å². The number of hydrogen-bond donors (Lipinski definition) is 2. The summed E-state index contributed by atoms with van der Waals surface area (Å²) in [7, 11) is 0. The molecule has 1 aliphatic rings. The molecule has 0 heterocycles. The molecule has 0 radical (unpaired) electrons. The Morgan fingerprint density at radius 3 is 2.44 bits per heavy atom. The lowest BCUT2D eigenvalue weighted by molar-refractivity contribution is -0.111. The Morgan fingerprint density at radius 2 is 1.74 bits per heavy atom. The van der Waals surface area contributed by atoms with Crippen molar-refractivity contribution in [2.75, 3.05) is 5.32 Å². The van der Waals surface area contributed by atoms with Crippen molar-refractivity contribution >= 4 is 23.6 Å². The van der Waals surface area contributed by atoms with Crippen LogP contribution >= 0.6 is 0 Å². The first kappa shape index (κ1) is 18.4. The van der Waals surface area contributed by atoms with Crippen molar-refractivity contribution in [3.05, 3.63) is 71.3 Å². The molecule has 1 aliphatic carbocycles. The third kappa shape index (κ3) is 5.05. The zero-order valence-corrected chi connectivity index (χ0v) is 14.9. The minimum atomic E-state index is -0.300. The van der Waals surface area contributed by atoms with Gasteiger partial charge in [-0.05, 0) is 54.8 Å². The largest absolute Gasteiger partial charge is 0.349 e. The van der Waals surface area contributed by atoms with E-state index in [-0.39, 0.29) is 17.9 Å². The van der Waals surface area contributed by atoms with Crippen molar-refractivity contribution in [2.24, 2.45) is 0 Å². The number of hydrogen-bond acceptors (Lipinski definition) is 3. The monoisotopic (exact) mass is 359 g/mol. The normalized spacial score (nSPS) is 14.0. The molecule has 0 bridgehead atoms. The molecule has 0 saturated heterocycles. The Kier molecular flexibility index (Phi) is 6.01. The van der Waals surface area contributed by atoms with Crippen LogP contribution in [0.4, 0.5) is 5.69 Å². The van der Waals surface area contributed by atoms with Crippen LogP contribution < -0.4 is 10.6 Å². The maximum absolute atomic E-state index is 12.2. The second-order valence-electron chi connectivity index (χ2n) is 6.55. The van der Waals surface area contributed by atoms with E-state index in [1.54, 1.807) is 48.5 Å². The highest BCUT2D eigenvalue weighted by Crippen LogP contribution is 2.18. The summed E-state index contributed by atoms with van der Waals surface area (Å²) in [5.41, 5.74) is 2.39. The Morgan fingerprint density at radius 1 is 1.04 bits per heavy atom. The van der Waals surface area contributed by atoms with E-state index in [1.807, 2.05) is 6.07 Å². The van der Waals surface area contributed by atoms with Gasteiger partial charge in [-0.3, -0.25) is 9.59 Å². The number of benzene rings is 2. The average Bonchev–Trinajstić information content (AvgIpc) is 3.20. The molecule has 0 atom stereocenters. The van der Waals surface area contributed by atoms with Gasteiger partial charge in [-0.15, -0.1) is 0 Å². The predicted octanol–water partition coefficient (Wildman–Crippen LogP) is 3.88. The highest BCUT2D eigenvalue weighted by Gasteiger charge is 2.17. The average molecular weight is 359 g/mol. The Bertz CT molecular complexity index is 889. The number of anilines is 1. The topological polar surface area (TPSA) is 82.0 Å². The second kappa shape index (κ2) is 8.81. The van der Waals surface area contributed by atoms with Crippen LogP contribution in [0.1, 0.15) is 47.2 Å². The second-order valence-corrected chi connectivity index (χ2v) is 6.55. The van der Waals surface area contributed by atoms with Gasteiger partial charge in [-0.2, -0.15) is 5.26 Å². The first-order chi connectivity index (χ1) is 13.2. The van der Waals surface area contributed by atoms with Crippen LogP contribution in [0.3, 0.4) is 0 Å². The smallest absolute Gasteiger partial charge is 0.251 e. The highest BCUT2D eigenvalue weighted by molar-refractivity contribution is 6.02. The van der Waals surface area contributed by atoms with Gasteiger partial charge in [0.05, 0.1) is 11.6 Å². The fourth-order valence-electron chi connectivity index (χ4n) is 3.14. The number of carbonyl (C=O) groups is 2. The quantitative estimate of drug-likeness (QED) is 0.795. The van der Waals surface area contributed by atoms with Gasteiger partial charge in [0.25, 0.3) is 5.91 Å². The molecule has 27 heavy (non-hydrogen) atoms. The van der Waals surface area contributed by atoms with Gasteiger partial charge in [-0.1, -0.05) is 31.0 Å². The van der Waals surface area contributed by atoms with Gasteiger partial charge in [0, 0.05) is 23.4 Å². The van der Waals surface area contributed by atoms with E-state index in [1.165, 1.54) is 18.9 Å². The number of rotatable bonds is 5. The van der Waals surface area contributed by atoms with Crippen molar-refractivity contribution in [1.29, 1.82) is 5.26 Å². The van der Waals surface area contributed by atoms with E-state index in [2.05, 4.69) is 16.7 Å². The molecule has 1 fully saturated rings. The summed E-state index contributed by atoms with van der Waals surface area (Å²) < 4.78 is 0. The summed E-state index contributed by atoms with van der Waals surface area (Å²) in [6, 6.07) is 16.3. The fraction of sp³-hybridized carbons (Fsp3) is 0.227. The molecule has 2 aromatic rings. The van der Waals surface area contributed by atoms with Gasteiger partial charge in [0.1, 0.15) is 0 Å². The van der Waals surface area contributed by atoms with E-state index in [9.17, 15) is 9.59 Å². The molecule has 2 N–H and O–H groups in total. The van der Waals surface area contributed by atoms with Crippen LogP contribution in [-0.4, -0.2) is 17.9 Å². The van der Waals surface area contributed by atoms with Crippen molar-refractivity contribution < 1.29 is 9.59 Å². The van der Waals surface area contributed by atoms with Gasteiger partial charge in [0.2, 0.25) is 5.91 Å². The molecule has 0 aliphatic heterocycles. The SMILES string of the molecule is N#Cc1ccccc1/C=C/C(=O)Nc1ccc(C(=O)NC2CCCC2)cc1.